The number of nitrogens with one attached hydrogen (secondary N) is 1. The van der Waals surface area contributed by atoms with Crippen LogP contribution in [-0.2, 0) is 14.3 Å². The number of amides is 1. The molecular formula is C11H19NO8. The van der Waals surface area contributed by atoms with Crippen LogP contribution in [0.2, 0.25) is 0 Å². The number of aliphatic hydroxyl groups excluding tert-OH is 4. The molecule has 1 aliphatic heterocycles. The van der Waals surface area contributed by atoms with Gasteiger partial charge < -0.3 is 35.6 Å². The van der Waals surface area contributed by atoms with Gasteiger partial charge in [-0.15, -0.1) is 0 Å². The first-order valence-electron chi connectivity index (χ1n) is 6.08. The summed E-state index contributed by atoms with van der Waals surface area (Å²) in [5.74, 6) is -1.84. The van der Waals surface area contributed by atoms with Gasteiger partial charge >= 0.3 is 5.97 Å². The van der Waals surface area contributed by atoms with Gasteiger partial charge in [-0.05, 0) is 0 Å². The number of rotatable bonds is 5. The van der Waals surface area contributed by atoms with E-state index >= 15 is 0 Å². The van der Waals surface area contributed by atoms with Crippen LogP contribution in [0.1, 0.15) is 13.3 Å². The summed E-state index contributed by atoms with van der Waals surface area (Å²) in [4.78, 5) is 22.0. The molecule has 1 amide bonds. The van der Waals surface area contributed by atoms with E-state index in [1.807, 2.05) is 0 Å². The zero-order chi connectivity index (χ0) is 15.4. The van der Waals surface area contributed by atoms with E-state index in [9.17, 15) is 24.9 Å². The Morgan fingerprint density at radius 3 is 2.45 bits per heavy atom. The van der Waals surface area contributed by atoms with Gasteiger partial charge in [0, 0.05) is 13.3 Å². The molecule has 0 aliphatic carbocycles. The third-order valence-corrected chi connectivity index (χ3v) is 3.11. The number of aliphatic carboxylic acids is 1. The minimum absolute atomic E-state index is 0.265. The Kier molecular flexibility index (Phi) is 5.84. The Morgan fingerprint density at radius 1 is 1.40 bits per heavy atom. The van der Waals surface area contributed by atoms with E-state index in [-0.39, 0.29) is 6.42 Å². The van der Waals surface area contributed by atoms with Crippen molar-refractivity contribution in [1.82, 2.24) is 5.32 Å². The summed E-state index contributed by atoms with van der Waals surface area (Å²) in [7, 11) is 0. The van der Waals surface area contributed by atoms with Gasteiger partial charge in [0.05, 0.1) is 18.8 Å². The fraction of sp³-hybridized carbons (Fsp3) is 0.818. The summed E-state index contributed by atoms with van der Waals surface area (Å²) >= 11 is 0. The molecule has 1 aliphatic rings. The van der Waals surface area contributed by atoms with Crippen molar-refractivity contribution >= 4 is 11.9 Å². The van der Waals surface area contributed by atoms with E-state index in [1.54, 1.807) is 0 Å². The summed E-state index contributed by atoms with van der Waals surface area (Å²) in [5.41, 5.74) is 0. The standard InChI is InChI=1S/C11H19NO8/c1-4(14)12-8-5(15)2-7(11(18)19)20-10(8)9(17)6(16)3-13/h5-10,13,15-17H,2-3H2,1H3,(H,12,14)(H,18,19)/t5-,6+,7+,8+,9+,10+/m0/s1. The van der Waals surface area contributed by atoms with Crippen molar-refractivity contribution in [2.45, 2.75) is 49.9 Å². The maximum Gasteiger partial charge on any atom is 0.332 e. The zero-order valence-corrected chi connectivity index (χ0v) is 10.8. The Hall–Kier alpha value is -1.26. The lowest BCUT2D eigenvalue weighted by Gasteiger charge is -2.41. The highest BCUT2D eigenvalue weighted by Gasteiger charge is 2.45. The largest absolute Gasteiger partial charge is 0.479 e. The number of carbonyl (C=O) groups is 2. The van der Waals surface area contributed by atoms with Gasteiger partial charge in [0.1, 0.15) is 18.3 Å². The lowest BCUT2D eigenvalue weighted by Crippen LogP contribution is -2.63. The summed E-state index contributed by atoms with van der Waals surface area (Å²) in [6.45, 7) is 0.406. The molecule has 0 aromatic heterocycles. The number of carboxylic acids is 1. The molecule has 0 radical (unpaired) electrons. The van der Waals surface area contributed by atoms with Gasteiger partial charge in [-0.3, -0.25) is 4.79 Å². The second kappa shape index (κ2) is 6.95. The molecule has 1 fully saturated rings. The van der Waals surface area contributed by atoms with Gasteiger partial charge in [-0.25, -0.2) is 4.79 Å². The second-order valence-corrected chi connectivity index (χ2v) is 4.70. The summed E-state index contributed by atoms with van der Waals surface area (Å²) in [6.07, 6.45) is -7.51. The second-order valence-electron chi connectivity index (χ2n) is 4.70. The maximum absolute atomic E-state index is 11.1. The van der Waals surface area contributed by atoms with Crippen LogP contribution < -0.4 is 5.32 Å². The van der Waals surface area contributed by atoms with E-state index in [0.29, 0.717) is 0 Å². The predicted molar refractivity (Wildman–Crippen MR) is 63.6 cm³/mol. The van der Waals surface area contributed by atoms with Gasteiger partial charge in [0.15, 0.2) is 6.10 Å². The average molecular weight is 293 g/mol. The molecule has 1 rings (SSSR count). The SMILES string of the molecule is CC(=O)N[C@H]1[C@H]([C@H](O)[C@H](O)CO)O[C@@H](C(=O)O)C[C@@H]1O. The highest BCUT2D eigenvalue weighted by molar-refractivity contribution is 5.74. The van der Waals surface area contributed by atoms with Crippen molar-refractivity contribution in [1.29, 1.82) is 0 Å². The van der Waals surface area contributed by atoms with Crippen molar-refractivity contribution in [3.63, 3.8) is 0 Å². The number of carbonyl (C=O) groups excluding carboxylic acids is 1. The Morgan fingerprint density at radius 2 is 2.00 bits per heavy atom. The van der Waals surface area contributed by atoms with Gasteiger partial charge in [0.2, 0.25) is 5.91 Å². The van der Waals surface area contributed by atoms with Crippen LogP contribution in [0, 0.1) is 0 Å². The van der Waals surface area contributed by atoms with Crippen molar-refractivity contribution in [3.05, 3.63) is 0 Å². The Bertz CT molecular complexity index is 362. The first kappa shape index (κ1) is 16.8. The molecule has 0 saturated carbocycles. The molecule has 0 bridgehead atoms. The third kappa shape index (κ3) is 3.87. The van der Waals surface area contributed by atoms with Crippen molar-refractivity contribution in [2.75, 3.05) is 6.61 Å². The first-order valence-corrected chi connectivity index (χ1v) is 6.08. The average Bonchev–Trinajstić information content (AvgIpc) is 2.38. The van der Waals surface area contributed by atoms with E-state index in [4.69, 9.17) is 14.9 Å². The number of aliphatic hydroxyl groups is 4. The van der Waals surface area contributed by atoms with Gasteiger partial charge in [-0.2, -0.15) is 0 Å². The highest BCUT2D eigenvalue weighted by atomic mass is 16.5. The molecule has 0 unspecified atom stereocenters. The number of ether oxygens (including phenoxy) is 1. The van der Waals surface area contributed by atoms with Crippen LogP contribution in [0.5, 0.6) is 0 Å². The lowest BCUT2D eigenvalue weighted by molar-refractivity contribution is -0.195. The first-order chi connectivity index (χ1) is 9.27. The number of hydrogen-bond acceptors (Lipinski definition) is 7. The van der Waals surface area contributed by atoms with Crippen molar-refractivity contribution in [2.24, 2.45) is 0 Å². The smallest absolute Gasteiger partial charge is 0.332 e. The summed E-state index contributed by atoms with van der Waals surface area (Å²) < 4.78 is 5.12. The minimum atomic E-state index is -1.66. The fourth-order valence-corrected chi connectivity index (χ4v) is 2.11. The molecule has 6 N–H and O–H groups in total. The molecule has 9 heteroatoms. The van der Waals surface area contributed by atoms with Crippen LogP contribution in [-0.4, -0.2) is 80.6 Å². The molecule has 1 saturated heterocycles. The lowest BCUT2D eigenvalue weighted by atomic mass is 9.90. The predicted octanol–water partition coefficient (Wildman–Crippen LogP) is -3.19. The third-order valence-electron chi connectivity index (χ3n) is 3.11. The van der Waals surface area contributed by atoms with Crippen LogP contribution >= 0.6 is 0 Å². The number of hydrogen-bond donors (Lipinski definition) is 6. The molecule has 9 nitrogen and oxygen atoms in total. The Balaban J connectivity index is 2.94. The molecule has 6 atom stereocenters. The summed E-state index contributed by atoms with van der Waals surface area (Å²) in [5, 5.41) is 49.2. The number of carboxylic acid groups (broad SMARTS) is 1. The van der Waals surface area contributed by atoms with Crippen molar-refractivity contribution < 1.29 is 39.9 Å². The normalized spacial score (nSPS) is 33.2. The summed E-state index contributed by atoms with van der Waals surface area (Å²) in [6, 6.07) is -1.08. The Labute approximate surface area is 114 Å². The van der Waals surface area contributed by atoms with Gasteiger partial charge in [-0.1, -0.05) is 0 Å². The molecule has 20 heavy (non-hydrogen) atoms. The molecular weight excluding hydrogens is 274 g/mol. The van der Waals surface area contributed by atoms with E-state index < -0.39 is 55.0 Å². The van der Waals surface area contributed by atoms with Crippen LogP contribution in [0.3, 0.4) is 0 Å². The van der Waals surface area contributed by atoms with Crippen LogP contribution in [0.4, 0.5) is 0 Å². The van der Waals surface area contributed by atoms with E-state index in [0.717, 1.165) is 0 Å². The molecule has 0 aromatic rings. The maximum atomic E-state index is 11.1. The molecule has 0 aromatic carbocycles. The molecule has 116 valence electrons. The topological polar surface area (TPSA) is 157 Å². The highest BCUT2D eigenvalue weighted by Crippen LogP contribution is 2.24. The van der Waals surface area contributed by atoms with E-state index in [1.165, 1.54) is 6.92 Å². The molecule has 1 heterocycles. The zero-order valence-electron chi connectivity index (χ0n) is 10.8. The van der Waals surface area contributed by atoms with Crippen molar-refractivity contribution in [3.8, 4) is 0 Å². The quantitative estimate of drug-likeness (QED) is 0.309. The van der Waals surface area contributed by atoms with Gasteiger partial charge in [0.25, 0.3) is 0 Å². The fourth-order valence-electron chi connectivity index (χ4n) is 2.11. The minimum Gasteiger partial charge on any atom is -0.479 e. The van der Waals surface area contributed by atoms with Crippen LogP contribution in [0.25, 0.3) is 0 Å². The van der Waals surface area contributed by atoms with E-state index in [2.05, 4.69) is 5.32 Å². The van der Waals surface area contributed by atoms with Crippen LogP contribution in [0.15, 0.2) is 0 Å². The molecule has 0 spiro atoms. The monoisotopic (exact) mass is 293 g/mol.